The summed E-state index contributed by atoms with van der Waals surface area (Å²) in [5.41, 5.74) is 6.93. The Balaban J connectivity index is 3.01. The third-order valence-electron chi connectivity index (χ3n) is 2.54. The molecule has 0 unspecified atom stereocenters. The van der Waals surface area contributed by atoms with Gasteiger partial charge in [0.1, 0.15) is 0 Å². The fourth-order valence-corrected chi connectivity index (χ4v) is 1.63. The molecule has 0 atom stereocenters. The number of hydrogen-bond donors (Lipinski definition) is 1. The van der Waals surface area contributed by atoms with Gasteiger partial charge in [0, 0.05) is 23.3 Å². The predicted octanol–water partition coefficient (Wildman–Crippen LogP) is 3.06. The first-order chi connectivity index (χ1) is 7.86. The van der Waals surface area contributed by atoms with E-state index in [-0.39, 0.29) is 11.3 Å². The van der Waals surface area contributed by atoms with Crippen LogP contribution in [-0.4, -0.2) is 12.5 Å². The van der Waals surface area contributed by atoms with Crippen LogP contribution in [0.3, 0.4) is 0 Å². The van der Waals surface area contributed by atoms with E-state index in [2.05, 4.69) is 6.92 Å². The zero-order valence-electron chi connectivity index (χ0n) is 11.2. The fraction of sp³-hybridized carbons (Fsp3) is 0.500. The quantitative estimate of drug-likeness (QED) is 0.817. The number of nitrogens with two attached hydrogens (primary N) is 1. The molecule has 0 aliphatic carbocycles. The Hall–Kier alpha value is -1.51. The molecule has 0 aromatic heterocycles. The number of anilines is 2. The molecule has 94 valence electrons. The maximum Gasteiger partial charge on any atom is 0.232 e. The van der Waals surface area contributed by atoms with Crippen molar-refractivity contribution in [3.63, 3.8) is 0 Å². The SMILES string of the molecule is CCCN(C(=O)C(C)(C)C)c1ccc(N)cc1. The van der Waals surface area contributed by atoms with Crippen molar-refractivity contribution in [1.29, 1.82) is 0 Å². The first-order valence-electron chi connectivity index (χ1n) is 6.03. The third-order valence-corrected chi connectivity index (χ3v) is 2.54. The molecule has 3 heteroatoms. The molecule has 3 nitrogen and oxygen atoms in total. The lowest BCUT2D eigenvalue weighted by Crippen LogP contribution is -2.40. The number of carbonyl (C=O) groups is 1. The highest BCUT2D eigenvalue weighted by atomic mass is 16.2. The zero-order chi connectivity index (χ0) is 13.1. The Morgan fingerprint density at radius 1 is 1.24 bits per heavy atom. The minimum absolute atomic E-state index is 0.143. The molecule has 0 heterocycles. The van der Waals surface area contributed by atoms with Gasteiger partial charge >= 0.3 is 0 Å². The van der Waals surface area contributed by atoms with Gasteiger partial charge in [0.2, 0.25) is 5.91 Å². The van der Waals surface area contributed by atoms with Crippen molar-refractivity contribution in [2.75, 3.05) is 17.2 Å². The number of carbonyl (C=O) groups excluding carboxylic acids is 1. The highest BCUT2D eigenvalue weighted by Crippen LogP contribution is 2.24. The number of amides is 1. The number of hydrogen-bond acceptors (Lipinski definition) is 2. The summed E-state index contributed by atoms with van der Waals surface area (Å²) in [6.45, 7) is 8.63. The zero-order valence-corrected chi connectivity index (χ0v) is 11.2. The van der Waals surface area contributed by atoms with Crippen LogP contribution in [0.1, 0.15) is 34.1 Å². The van der Waals surface area contributed by atoms with Crippen LogP contribution in [-0.2, 0) is 4.79 Å². The monoisotopic (exact) mass is 234 g/mol. The van der Waals surface area contributed by atoms with Gasteiger partial charge in [0.05, 0.1) is 0 Å². The van der Waals surface area contributed by atoms with Crippen LogP contribution < -0.4 is 10.6 Å². The second kappa shape index (κ2) is 5.21. The Labute approximate surface area is 104 Å². The van der Waals surface area contributed by atoms with Crippen LogP contribution in [0, 0.1) is 5.41 Å². The Morgan fingerprint density at radius 3 is 2.18 bits per heavy atom. The summed E-state index contributed by atoms with van der Waals surface area (Å²) >= 11 is 0. The lowest BCUT2D eigenvalue weighted by Gasteiger charge is -2.29. The number of rotatable bonds is 3. The predicted molar refractivity (Wildman–Crippen MR) is 73.0 cm³/mol. The molecule has 0 fully saturated rings. The second-order valence-electron chi connectivity index (χ2n) is 5.30. The first kappa shape index (κ1) is 13.6. The van der Waals surface area contributed by atoms with Gasteiger partial charge in [-0.3, -0.25) is 4.79 Å². The average molecular weight is 234 g/mol. The summed E-state index contributed by atoms with van der Waals surface area (Å²) in [4.78, 5) is 14.2. The molecule has 1 aromatic carbocycles. The standard InChI is InChI=1S/C14H22N2O/c1-5-10-16(13(17)14(2,3)4)12-8-6-11(15)7-9-12/h6-9H,5,10,15H2,1-4H3. The van der Waals surface area contributed by atoms with E-state index in [1.807, 2.05) is 49.9 Å². The second-order valence-corrected chi connectivity index (χ2v) is 5.30. The van der Waals surface area contributed by atoms with Crippen molar-refractivity contribution in [2.24, 2.45) is 5.41 Å². The van der Waals surface area contributed by atoms with E-state index in [1.165, 1.54) is 0 Å². The van der Waals surface area contributed by atoms with Crippen molar-refractivity contribution in [3.05, 3.63) is 24.3 Å². The molecule has 1 aromatic rings. The van der Waals surface area contributed by atoms with E-state index < -0.39 is 0 Å². The summed E-state index contributed by atoms with van der Waals surface area (Å²) in [7, 11) is 0. The highest BCUT2D eigenvalue weighted by molar-refractivity contribution is 5.97. The maximum atomic E-state index is 12.3. The minimum Gasteiger partial charge on any atom is -0.399 e. The van der Waals surface area contributed by atoms with E-state index in [0.29, 0.717) is 5.69 Å². The largest absolute Gasteiger partial charge is 0.399 e. The molecule has 0 spiro atoms. The molecule has 1 rings (SSSR count). The van der Waals surface area contributed by atoms with E-state index >= 15 is 0 Å². The van der Waals surface area contributed by atoms with Crippen molar-refractivity contribution < 1.29 is 4.79 Å². The normalized spacial score (nSPS) is 11.3. The van der Waals surface area contributed by atoms with Gasteiger partial charge in [0.25, 0.3) is 0 Å². The van der Waals surface area contributed by atoms with E-state index in [4.69, 9.17) is 5.73 Å². The van der Waals surface area contributed by atoms with Crippen LogP contribution in [0.4, 0.5) is 11.4 Å². The van der Waals surface area contributed by atoms with Gasteiger partial charge in [-0.1, -0.05) is 27.7 Å². The topological polar surface area (TPSA) is 46.3 Å². The van der Waals surface area contributed by atoms with Gasteiger partial charge in [-0.15, -0.1) is 0 Å². The van der Waals surface area contributed by atoms with Crippen LogP contribution in [0.5, 0.6) is 0 Å². The minimum atomic E-state index is -0.365. The first-order valence-corrected chi connectivity index (χ1v) is 6.03. The van der Waals surface area contributed by atoms with Crippen molar-refractivity contribution >= 4 is 17.3 Å². The van der Waals surface area contributed by atoms with Crippen molar-refractivity contribution in [2.45, 2.75) is 34.1 Å². The summed E-state index contributed by atoms with van der Waals surface area (Å²) < 4.78 is 0. The van der Waals surface area contributed by atoms with Gasteiger partial charge in [-0.25, -0.2) is 0 Å². The van der Waals surface area contributed by atoms with Crippen LogP contribution in [0.15, 0.2) is 24.3 Å². The van der Waals surface area contributed by atoms with Crippen molar-refractivity contribution in [3.8, 4) is 0 Å². The lowest BCUT2D eigenvalue weighted by molar-refractivity contribution is -0.125. The van der Waals surface area contributed by atoms with Gasteiger partial charge in [-0.05, 0) is 30.7 Å². The van der Waals surface area contributed by atoms with Gasteiger partial charge in [-0.2, -0.15) is 0 Å². The summed E-state index contributed by atoms with van der Waals surface area (Å²) in [6.07, 6.45) is 0.937. The molecule has 1 amide bonds. The third kappa shape index (κ3) is 3.48. The summed E-state index contributed by atoms with van der Waals surface area (Å²) in [5.74, 6) is 0.143. The molecule has 0 bridgehead atoms. The fourth-order valence-electron chi connectivity index (χ4n) is 1.63. The Bertz CT molecular complexity index is 376. The molecule has 0 saturated carbocycles. The molecular weight excluding hydrogens is 212 g/mol. The van der Waals surface area contributed by atoms with E-state index in [9.17, 15) is 4.79 Å². The van der Waals surface area contributed by atoms with Crippen molar-refractivity contribution in [1.82, 2.24) is 0 Å². The molecule has 17 heavy (non-hydrogen) atoms. The number of nitrogens with zero attached hydrogens (tertiary/aromatic N) is 1. The number of benzene rings is 1. The maximum absolute atomic E-state index is 12.3. The lowest BCUT2D eigenvalue weighted by atomic mass is 9.94. The summed E-state index contributed by atoms with van der Waals surface area (Å²) in [5, 5.41) is 0. The molecule has 0 saturated heterocycles. The summed E-state index contributed by atoms with van der Waals surface area (Å²) in [6, 6.07) is 7.45. The average Bonchev–Trinajstić information content (AvgIpc) is 2.25. The Morgan fingerprint density at radius 2 is 1.76 bits per heavy atom. The molecule has 0 radical (unpaired) electrons. The highest BCUT2D eigenvalue weighted by Gasteiger charge is 2.27. The molecule has 0 aliphatic heterocycles. The molecule has 0 aliphatic rings. The Kier molecular flexibility index (Phi) is 4.16. The van der Waals surface area contributed by atoms with E-state index in [1.54, 1.807) is 0 Å². The smallest absolute Gasteiger partial charge is 0.232 e. The van der Waals surface area contributed by atoms with Crippen LogP contribution >= 0.6 is 0 Å². The van der Waals surface area contributed by atoms with Gasteiger partial charge < -0.3 is 10.6 Å². The van der Waals surface area contributed by atoms with Crippen LogP contribution in [0.25, 0.3) is 0 Å². The molecular formula is C14H22N2O. The van der Waals surface area contributed by atoms with Gasteiger partial charge in [0.15, 0.2) is 0 Å². The van der Waals surface area contributed by atoms with E-state index in [0.717, 1.165) is 18.7 Å². The molecule has 2 N–H and O–H groups in total. The van der Waals surface area contributed by atoms with Crippen LogP contribution in [0.2, 0.25) is 0 Å². The number of nitrogen functional groups attached to an aromatic ring is 1.